The van der Waals surface area contributed by atoms with Crippen molar-refractivity contribution in [2.24, 2.45) is 0 Å². The molecule has 0 aliphatic carbocycles. The van der Waals surface area contributed by atoms with Gasteiger partial charge in [0, 0.05) is 0 Å². The van der Waals surface area contributed by atoms with Crippen LogP contribution in [0.15, 0.2) is 42.5 Å². The molecular weight excluding hydrogens is 254 g/mol. The quantitative estimate of drug-likeness (QED) is 0.920. The largest absolute Gasteiger partial charge is 0.495 e. The second-order valence-corrected chi connectivity index (χ2v) is 4.44. The van der Waals surface area contributed by atoms with Gasteiger partial charge in [0.1, 0.15) is 11.5 Å². The van der Waals surface area contributed by atoms with E-state index in [0.717, 1.165) is 11.1 Å². The third kappa shape index (κ3) is 3.09. The summed E-state index contributed by atoms with van der Waals surface area (Å²) in [6, 6.07) is 12.9. The normalized spacial score (nSPS) is 9.95. The number of hydrogen-bond donors (Lipinski definition) is 1. The fourth-order valence-electron chi connectivity index (χ4n) is 1.94. The summed E-state index contributed by atoms with van der Waals surface area (Å²) in [7, 11) is 1.55. The summed E-state index contributed by atoms with van der Waals surface area (Å²) in [5.41, 5.74) is 2.41. The van der Waals surface area contributed by atoms with Gasteiger partial charge in [-0.3, -0.25) is 5.32 Å². The van der Waals surface area contributed by atoms with Crippen LogP contribution in [0.25, 0.3) is 0 Å². The van der Waals surface area contributed by atoms with Crippen LogP contribution in [0.2, 0.25) is 0 Å². The van der Waals surface area contributed by atoms with Gasteiger partial charge < -0.3 is 9.47 Å². The zero-order valence-corrected chi connectivity index (χ0v) is 11.8. The van der Waals surface area contributed by atoms with Crippen LogP contribution < -0.4 is 14.8 Å². The number of benzene rings is 2. The Hall–Kier alpha value is -2.49. The van der Waals surface area contributed by atoms with Gasteiger partial charge in [-0.05, 0) is 37.1 Å². The summed E-state index contributed by atoms with van der Waals surface area (Å²) < 4.78 is 10.5. The van der Waals surface area contributed by atoms with E-state index in [1.165, 1.54) is 0 Å². The summed E-state index contributed by atoms with van der Waals surface area (Å²) in [5.74, 6) is 1.17. The lowest BCUT2D eigenvalue weighted by Crippen LogP contribution is -2.18. The number of methoxy groups -OCH3 is 1. The highest BCUT2D eigenvalue weighted by Crippen LogP contribution is 2.25. The Morgan fingerprint density at radius 1 is 1.00 bits per heavy atom. The number of para-hydroxylation sites is 3. The van der Waals surface area contributed by atoms with E-state index in [1.807, 2.05) is 44.2 Å². The lowest BCUT2D eigenvalue weighted by molar-refractivity contribution is 0.214. The highest BCUT2D eigenvalue weighted by Gasteiger charge is 2.11. The maximum absolute atomic E-state index is 12.0. The first kappa shape index (κ1) is 13.9. The first-order valence-corrected chi connectivity index (χ1v) is 6.30. The lowest BCUT2D eigenvalue weighted by atomic mass is 10.1. The molecule has 0 spiro atoms. The maximum atomic E-state index is 12.0. The lowest BCUT2D eigenvalue weighted by Gasteiger charge is -2.12. The highest BCUT2D eigenvalue weighted by molar-refractivity contribution is 5.88. The minimum Gasteiger partial charge on any atom is -0.495 e. The molecule has 0 atom stereocenters. The minimum absolute atomic E-state index is 0.535. The molecule has 4 nitrogen and oxygen atoms in total. The number of anilines is 1. The van der Waals surface area contributed by atoms with E-state index in [1.54, 1.807) is 19.2 Å². The van der Waals surface area contributed by atoms with Gasteiger partial charge in [0.25, 0.3) is 0 Å². The summed E-state index contributed by atoms with van der Waals surface area (Å²) in [6.45, 7) is 3.80. The molecule has 0 radical (unpaired) electrons. The van der Waals surface area contributed by atoms with Crippen molar-refractivity contribution >= 4 is 11.8 Å². The predicted molar refractivity (Wildman–Crippen MR) is 78.6 cm³/mol. The zero-order valence-electron chi connectivity index (χ0n) is 11.8. The number of carbonyl (C=O) groups excluding carboxylic acids is 1. The topological polar surface area (TPSA) is 47.6 Å². The van der Waals surface area contributed by atoms with Gasteiger partial charge >= 0.3 is 6.09 Å². The fourth-order valence-corrected chi connectivity index (χ4v) is 1.94. The molecule has 0 saturated heterocycles. The molecule has 2 rings (SSSR count). The Labute approximate surface area is 118 Å². The third-order valence-corrected chi connectivity index (χ3v) is 2.95. The van der Waals surface area contributed by atoms with Crippen LogP contribution in [0.4, 0.5) is 10.5 Å². The van der Waals surface area contributed by atoms with Crippen molar-refractivity contribution in [1.82, 2.24) is 0 Å². The molecule has 0 aromatic heterocycles. The van der Waals surface area contributed by atoms with Crippen molar-refractivity contribution in [2.75, 3.05) is 12.4 Å². The van der Waals surface area contributed by atoms with E-state index in [0.29, 0.717) is 17.2 Å². The SMILES string of the molecule is COc1ccccc1NC(=O)Oc1c(C)cccc1C. The standard InChI is InChI=1S/C16H17NO3/c1-11-7-6-8-12(2)15(11)20-16(18)17-13-9-4-5-10-14(13)19-3/h4-10H,1-3H3,(H,17,18). The number of carbonyl (C=O) groups is 1. The fraction of sp³-hybridized carbons (Fsp3) is 0.188. The molecule has 4 heteroatoms. The van der Waals surface area contributed by atoms with Gasteiger partial charge in [-0.15, -0.1) is 0 Å². The van der Waals surface area contributed by atoms with Crippen LogP contribution >= 0.6 is 0 Å². The molecule has 20 heavy (non-hydrogen) atoms. The van der Waals surface area contributed by atoms with Gasteiger partial charge in [-0.25, -0.2) is 4.79 Å². The van der Waals surface area contributed by atoms with Crippen molar-refractivity contribution in [3.8, 4) is 11.5 Å². The van der Waals surface area contributed by atoms with E-state index in [2.05, 4.69) is 5.32 Å². The molecule has 0 bridgehead atoms. The summed E-state index contributed by atoms with van der Waals surface area (Å²) in [4.78, 5) is 12.0. The Bertz CT molecular complexity index is 603. The molecule has 0 saturated carbocycles. The summed E-state index contributed by atoms with van der Waals surface area (Å²) >= 11 is 0. The number of aryl methyl sites for hydroxylation is 2. The highest BCUT2D eigenvalue weighted by atomic mass is 16.6. The molecule has 104 valence electrons. The van der Waals surface area contributed by atoms with Crippen molar-refractivity contribution < 1.29 is 14.3 Å². The van der Waals surface area contributed by atoms with Crippen LogP contribution in [0.1, 0.15) is 11.1 Å². The Morgan fingerprint density at radius 2 is 1.65 bits per heavy atom. The van der Waals surface area contributed by atoms with E-state index in [9.17, 15) is 4.79 Å². The van der Waals surface area contributed by atoms with Gasteiger partial charge in [-0.1, -0.05) is 30.3 Å². The Balaban J connectivity index is 2.13. The summed E-state index contributed by atoms with van der Waals surface area (Å²) in [5, 5.41) is 2.68. The average Bonchev–Trinajstić information content (AvgIpc) is 2.44. The molecule has 0 unspecified atom stereocenters. The average molecular weight is 271 g/mol. The molecule has 0 aliphatic heterocycles. The second kappa shape index (κ2) is 6.10. The van der Waals surface area contributed by atoms with Crippen molar-refractivity contribution in [2.45, 2.75) is 13.8 Å². The van der Waals surface area contributed by atoms with Gasteiger partial charge in [0.2, 0.25) is 0 Å². The number of rotatable bonds is 3. The Morgan fingerprint density at radius 3 is 2.30 bits per heavy atom. The molecule has 1 N–H and O–H groups in total. The zero-order chi connectivity index (χ0) is 14.5. The molecule has 2 aromatic carbocycles. The number of hydrogen-bond acceptors (Lipinski definition) is 3. The van der Waals surface area contributed by atoms with Gasteiger partial charge in [-0.2, -0.15) is 0 Å². The van der Waals surface area contributed by atoms with E-state index in [4.69, 9.17) is 9.47 Å². The van der Waals surface area contributed by atoms with Gasteiger partial charge in [0.05, 0.1) is 12.8 Å². The van der Waals surface area contributed by atoms with Crippen LogP contribution in [0.3, 0.4) is 0 Å². The first-order chi connectivity index (χ1) is 9.61. The number of ether oxygens (including phenoxy) is 2. The minimum atomic E-state index is -0.535. The number of nitrogens with one attached hydrogen (secondary N) is 1. The molecular formula is C16H17NO3. The predicted octanol–water partition coefficient (Wildman–Crippen LogP) is 3.92. The van der Waals surface area contributed by atoms with Crippen LogP contribution in [0.5, 0.6) is 11.5 Å². The second-order valence-electron chi connectivity index (χ2n) is 4.44. The molecule has 0 fully saturated rings. The Kier molecular flexibility index (Phi) is 4.25. The van der Waals surface area contributed by atoms with E-state index in [-0.39, 0.29) is 0 Å². The monoisotopic (exact) mass is 271 g/mol. The number of amides is 1. The maximum Gasteiger partial charge on any atom is 0.417 e. The van der Waals surface area contributed by atoms with Crippen LogP contribution in [-0.4, -0.2) is 13.2 Å². The first-order valence-electron chi connectivity index (χ1n) is 6.30. The van der Waals surface area contributed by atoms with Crippen molar-refractivity contribution in [3.63, 3.8) is 0 Å². The van der Waals surface area contributed by atoms with E-state index < -0.39 is 6.09 Å². The third-order valence-electron chi connectivity index (χ3n) is 2.95. The molecule has 1 amide bonds. The molecule has 2 aromatic rings. The smallest absolute Gasteiger partial charge is 0.417 e. The summed E-state index contributed by atoms with van der Waals surface area (Å²) in [6.07, 6.45) is -0.535. The van der Waals surface area contributed by atoms with Crippen LogP contribution in [0, 0.1) is 13.8 Å². The molecule has 0 heterocycles. The van der Waals surface area contributed by atoms with Gasteiger partial charge in [0.15, 0.2) is 0 Å². The van der Waals surface area contributed by atoms with Crippen molar-refractivity contribution in [3.05, 3.63) is 53.6 Å². The van der Waals surface area contributed by atoms with E-state index >= 15 is 0 Å². The molecule has 0 aliphatic rings. The van der Waals surface area contributed by atoms with Crippen LogP contribution in [-0.2, 0) is 0 Å². The van der Waals surface area contributed by atoms with Crippen molar-refractivity contribution in [1.29, 1.82) is 0 Å².